The number of nitrogen functional groups attached to an aromatic ring is 1. The van der Waals surface area contributed by atoms with E-state index in [1.807, 2.05) is 6.92 Å². The standard InChI is InChI=1S/C12H20N6O2/c1-3-9-10(17-13)14-7-15-11(9)18-5-4-8(6-18)16-12(19)20-2/h7-8H,3-6,13H2,1-2H3,(H,16,19)(H,14,15,17). The molecule has 1 atom stereocenters. The number of hydrogen-bond donors (Lipinski definition) is 3. The summed E-state index contributed by atoms with van der Waals surface area (Å²) in [6, 6.07) is 0.0661. The van der Waals surface area contributed by atoms with E-state index in [1.165, 1.54) is 13.4 Å². The third-order valence-corrected chi connectivity index (χ3v) is 3.41. The zero-order chi connectivity index (χ0) is 14.5. The molecule has 8 heteroatoms. The maximum Gasteiger partial charge on any atom is 0.407 e. The fourth-order valence-electron chi connectivity index (χ4n) is 2.42. The van der Waals surface area contributed by atoms with Crippen LogP contribution in [0.5, 0.6) is 0 Å². The number of nitrogens with two attached hydrogens (primary N) is 1. The first-order chi connectivity index (χ1) is 9.69. The van der Waals surface area contributed by atoms with Gasteiger partial charge in [-0.2, -0.15) is 0 Å². The molecule has 1 aliphatic rings. The number of aromatic nitrogens is 2. The van der Waals surface area contributed by atoms with Crippen molar-refractivity contribution < 1.29 is 9.53 Å². The van der Waals surface area contributed by atoms with Crippen molar-refractivity contribution in [1.82, 2.24) is 15.3 Å². The topological polar surface area (TPSA) is 105 Å². The van der Waals surface area contributed by atoms with Gasteiger partial charge in [-0.3, -0.25) is 0 Å². The summed E-state index contributed by atoms with van der Waals surface area (Å²) in [6.07, 6.45) is 2.72. The first-order valence-corrected chi connectivity index (χ1v) is 6.59. The molecule has 1 unspecified atom stereocenters. The van der Waals surface area contributed by atoms with Crippen molar-refractivity contribution >= 4 is 17.7 Å². The van der Waals surface area contributed by atoms with Gasteiger partial charge < -0.3 is 20.4 Å². The number of nitrogens with zero attached hydrogens (tertiary/aromatic N) is 3. The van der Waals surface area contributed by atoms with Crippen LogP contribution >= 0.6 is 0 Å². The van der Waals surface area contributed by atoms with Crippen LogP contribution in [0.1, 0.15) is 18.9 Å². The second kappa shape index (κ2) is 6.38. The van der Waals surface area contributed by atoms with Gasteiger partial charge in [0.05, 0.1) is 13.2 Å². The lowest BCUT2D eigenvalue weighted by molar-refractivity contribution is 0.167. The number of amides is 1. The Morgan fingerprint density at radius 1 is 1.60 bits per heavy atom. The highest BCUT2D eigenvalue weighted by Crippen LogP contribution is 2.26. The van der Waals surface area contributed by atoms with Crippen molar-refractivity contribution in [2.24, 2.45) is 5.84 Å². The SMILES string of the molecule is CCc1c(NN)ncnc1N1CCC(NC(=O)OC)C1. The fourth-order valence-corrected chi connectivity index (χ4v) is 2.42. The number of carbonyl (C=O) groups is 1. The predicted octanol–water partition coefficient (Wildman–Crippen LogP) is 0.259. The van der Waals surface area contributed by atoms with Crippen LogP contribution in [0.3, 0.4) is 0 Å². The van der Waals surface area contributed by atoms with E-state index < -0.39 is 6.09 Å². The summed E-state index contributed by atoms with van der Waals surface area (Å²) >= 11 is 0. The minimum Gasteiger partial charge on any atom is -0.453 e. The molecule has 0 aromatic carbocycles. The highest BCUT2D eigenvalue weighted by molar-refractivity contribution is 5.67. The summed E-state index contributed by atoms with van der Waals surface area (Å²) in [6.45, 7) is 3.55. The largest absolute Gasteiger partial charge is 0.453 e. The molecule has 1 aromatic rings. The second-order valence-corrected chi connectivity index (χ2v) is 4.59. The summed E-state index contributed by atoms with van der Waals surface area (Å²) in [5.41, 5.74) is 3.58. The minimum absolute atomic E-state index is 0.0661. The summed E-state index contributed by atoms with van der Waals surface area (Å²) in [5.74, 6) is 6.98. The van der Waals surface area contributed by atoms with Gasteiger partial charge in [-0.1, -0.05) is 6.92 Å². The van der Waals surface area contributed by atoms with E-state index in [1.54, 1.807) is 0 Å². The van der Waals surface area contributed by atoms with Gasteiger partial charge in [0.15, 0.2) is 0 Å². The Bertz CT molecular complexity index is 481. The van der Waals surface area contributed by atoms with Crippen LogP contribution in [0.4, 0.5) is 16.4 Å². The van der Waals surface area contributed by atoms with Crippen molar-refractivity contribution in [3.8, 4) is 0 Å². The Hall–Kier alpha value is -2.09. The van der Waals surface area contributed by atoms with Crippen LogP contribution in [0.2, 0.25) is 0 Å². The van der Waals surface area contributed by atoms with Gasteiger partial charge in [0.2, 0.25) is 0 Å². The van der Waals surface area contributed by atoms with Crippen molar-refractivity contribution in [2.45, 2.75) is 25.8 Å². The van der Waals surface area contributed by atoms with Crippen LogP contribution in [-0.4, -0.2) is 42.3 Å². The predicted molar refractivity (Wildman–Crippen MR) is 75.4 cm³/mol. The molecule has 20 heavy (non-hydrogen) atoms. The molecule has 2 heterocycles. The Morgan fingerprint density at radius 3 is 3.05 bits per heavy atom. The molecule has 0 saturated carbocycles. The van der Waals surface area contributed by atoms with Crippen LogP contribution in [-0.2, 0) is 11.2 Å². The van der Waals surface area contributed by atoms with Gasteiger partial charge in [-0.05, 0) is 12.8 Å². The molecule has 2 rings (SSSR count). The average molecular weight is 280 g/mol. The molecule has 1 aliphatic heterocycles. The van der Waals surface area contributed by atoms with Gasteiger partial charge in [0, 0.05) is 18.7 Å². The van der Waals surface area contributed by atoms with Crippen molar-refractivity contribution in [2.75, 3.05) is 30.5 Å². The first-order valence-electron chi connectivity index (χ1n) is 6.59. The maximum atomic E-state index is 11.2. The number of methoxy groups -OCH3 is 1. The zero-order valence-corrected chi connectivity index (χ0v) is 11.7. The van der Waals surface area contributed by atoms with Gasteiger partial charge in [0.25, 0.3) is 0 Å². The van der Waals surface area contributed by atoms with Crippen LogP contribution in [0.25, 0.3) is 0 Å². The molecule has 0 spiro atoms. The third-order valence-electron chi connectivity index (χ3n) is 3.41. The highest BCUT2D eigenvalue weighted by Gasteiger charge is 2.27. The fraction of sp³-hybridized carbons (Fsp3) is 0.583. The van der Waals surface area contributed by atoms with Gasteiger partial charge in [0.1, 0.15) is 18.0 Å². The number of anilines is 2. The molecule has 0 aliphatic carbocycles. The third kappa shape index (κ3) is 2.90. The monoisotopic (exact) mass is 280 g/mol. The Morgan fingerprint density at radius 2 is 2.40 bits per heavy atom. The van der Waals surface area contributed by atoms with Gasteiger partial charge in [-0.15, -0.1) is 0 Å². The zero-order valence-electron chi connectivity index (χ0n) is 11.7. The molecule has 1 fully saturated rings. The van der Waals surface area contributed by atoms with E-state index in [9.17, 15) is 4.79 Å². The van der Waals surface area contributed by atoms with Crippen LogP contribution < -0.4 is 21.5 Å². The molecular weight excluding hydrogens is 260 g/mol. The second-order valence-electron chi connectivity index (χ2n) is 4.59. The van der Waals surface area contributed by atoms with Gasteiger partial charge in [-0.25, -0.2) is 20.6 Å². The molecule has 4 N–H and O–H groups in total. The molecule has 0 bridgehead atoms. The molecule has 1 amide bonds. The Kier molecular flexibility index (Phi) is 4.57. The summed E-state index contributed by atoms with van der Waals surface area (Å²) in [7, 11) is 1.36. The van der Waals surface area contributed by atoms with E-state index in [4.69, 9.17) is 5.84 Å². The summed E-state index contributed by atoms with van der Waals surface area (Å²) in [5, 5.41) is 2.81. The number of carbonyl (C=O) groups excluding carboxylic acids is 1. The summed E-state index contributed by atoms with van der Waals surface area (Å²) < 4.78 is 4.61. The van der Waals surface area contributed by atoms with Crippen LogP contribution in [0, 0.1) is 0 Å². The number of hydrazine groups is 1. The molecule has 0 radical (unpaired) electrons. The maximum absolute atomic E-state index is 11.2. The smallest absolute Gasteiger partial charge is 0.407 e. The van der Waals surface area contributed by atoms with Crippen molar-refractivity contribution in [3.63, 3.8) is 0 Å². The average Bonchev–Trinajstić information content (AvgIpc) is 2.94. The quantitative estimate of drug-likeness (QED) is 0.536. The lowest BCUT2D eigenvalue weighted by Gasteiger charge is -2.21. The normalized spacial score (nSPS) is 17.9. The molecular formula is C12H20N6O2. The van der Waals surface area contributed by atoms with Crippen LogP contribution in [0.15, 0.2) is 6.33 Å². The highest BCUT2D eigenvalue weighted by atomic mass is 16.5. The van der Waals surface area contributed by atoms with E-state index in [-0.39, 0.29) is 6.04 Å². The lowest BCUT2D eigenvalue weighted by atomic mass is 10.2. The van der Waals surface area contributed by atoms with E-state index in [0.717, 1.165) is 30.8 Å². The van der Waals surface area contributed by atoms with Gasteiger partial charge >= 0.3 is 6.09 Å². The number of ether oxygens (including phenoxy) is 1. The Balaban J connectivity index is 2.12. The number of alkyl carbamates (subject to hydrolysis) is 1. The molecule has 1 saturated heterocycles. The molecule has 110 valence electrons. The van der Waals surface area contributed by atoms with E-state index in [0.29, 0.717) is 12.4 Å². The van der Waals surface area contributed by atoms with Crippen molar-refractivity contribution in [3.05, 3.63) is 11.9 Å². The van der Waals surface area contributed by atoms with E-state index >= 15 is 0 Å². The summed E-state index contributed by atoms with van der Waals surface area (Å²) in [4.78, 5) is 21.8. The molecule has 8 nitrogen and oxygen atoms in total. The lowest BCUT2D eigenvalue weighted by Crippen LogP contribution is -2.37. The number of rotatable bonds is 4. The Labute approximate surface area is 117 Å². The minimum atomic E-state index is -0.403. The van der Waals surface area contributed by atoms with E-state index in [2.05, 4.69) is 30.3 Å². The van der Waals surface area contributed by atoms with Crippen molar-refractivity contribution in [1.29, 1.82) is 0 Å². The molecule has 1 aromatic heterocycles. The number of hydrogen-bond acceptors (Lipinski definition) is 7. The number of nitrogens with one attached hydrogen (secondary N) is 2. The first kappa shape index (κ1) is 14.3.